The van der Waals surface area contributed by atoms with Gasteiger partial charge in [-0.3, -0.25) is 4.79 Å². The van der Waals surface area contributed by atoms with Crippen LogP contribution in [0.2, 0.25) is 0 Å². The topological polar surface area (TPSA) is 55.1 Å². The molecule has 0 spiro atoms. The van der Waals surface area contributed by atoms with Gasteiger partial charge >= 0.3 is 0 Å². The highest BCUT2D eigenvalue weighted by Crippen LogP contribution is 2.20. The number of carbonyl (C=O) groups is 1. The lowest BCUT2D eigenvalue weighted by atomic mass is 10.0. The van der Waals surface area contributed by atoms with Crippen molar-refractivity contribution in [1.29, 1.82) is 0 Å². The molecule has 1 amide bonds. The van der Waals surface area contributed by atoms with Gasteiger partial charge in [-0.05, 0) is 56.5 Å². The van der Waals surface area contributed by atoms with Gasteiger partial charge in [0.05, 0.1) is 0 Å². The van der Waals surface area contributed by atoms with E-state index in [1.807, 2.05) is 19.9 Å². The van der Waals surface area contributed by atoms with Gasteiger partial charge in [0, 0.05) is 12.1 Å². The molecule has 3 N–H and O–H groups in total. The van der Waals surface area contributed by atoms with Crippen LogP contribution in [-0.4, -0.2) is 12.5 Å². The first kappa shape index (κ1) is 12.7. The Bertz CT molecular complexity index is 386. The van der Waals surface area contributed by atoms with Gasteiger partial charge in [0.2, 0.25) is 5.91 Å². The largest absolute Gasteiger partial charge is 0.330 e. The molecule has 16 heavy (non-hydrogen) atoms. The molecule has 1 aromatic carbocycles. The van der Waals surface area contributed by atoms with E-state index in [0.717, 1.165) is 17.7 Å². The van der Waals surface area contributed by atoms with E-state index >= 15 is 0 Å². The van der Waals surface area contributed by atoms with Crippen LogP contribution >= 0.6 is 0 Å². The SMILES string of the molecule is Cc1cc(C)c(NC(=O)CCCN)cc1C. The Morgan fingerprint density at radius 1 is 1.19 bits per heavy atom. The van der Waals surface area contributed by atoms with Crippen molar-refractivity contribution in [3.8, 4) is 0 Å². The second-order valence-corrected chi connectivity index (χ2v) is 4.19. The van der Waals surface area contributed by atoms with Crippen molar-refractivity contribution in [2.45, 2.75) is 33.6 Å². The highest BCUT2D eigenvalue weighted by Gasteiger charge is 2.05. The summed E-state index contributed by atoms with van der Waals surface area (Å²) in [7, 11) is 0. The molecule has 0 aliphatic carbocycles. The van der Waals surface area contributed by atoms with Crippen LogP contribution in [0.1, 0.15) is 29.5 Å². The first-order chi connectivity index (χ1) is 7.54. The van der Waals surface area contributed by atoms with Crippen LogP contribution in [0, 0.1) is 20.8 Å². The highest BCUT2D eigenvalue weighted by atomic mass is 16.1. The van der Waals surface area contributed by atoms with E-state index in [2.05, 4.69) is 18.3 Å². The summed E-state index contributed by atoms with van der Waals surface area (Å²) < 4.78 is 0. The highest BCUT2D eigenvalue weighted by molar-refractivity contribution is 5.91. The maximum absolute atomic E-state index is 11.6. The van der Waals surface area contributed by atoms with Crippen LogP contribution < -0.4 is 11.1 Å². The summed E-state index contributed by atoms with van der Waals surface area (Å²) in [6, 6.07) is 4.11. The normalized spacial score (nSPS) is 10.2. The van der Waals surface area contributed by atoms with Crippen molar-refractivity contribution in [3.63, 3.8) is 0 Å². The number of hydrogen-bond acceptors (Lipinski definition) is 2. The standard InChI is InChI=1S/C13H20N2O/c1-9-7-11(3)12(8-10(9)2)15-13(16)5-4-6-14/h7-8H,4-6,14H2,1-3H3,(H,15,16). The van der Waals surface area contributed by atoms with Crippen LogP contribution in [0.25, 0.3) is 0 Å². The summed E-state index contributed by atoms with van der Waals surface area (Å²) in [6.45, 7) is 6.68. The Morgan fingerprint density at radius 2 is 1.81 bits per heavy atom. The minimum absolute atomic E-state index is 0.0387. The third-order valence-corrected chi connectivity index (χ3v) is 2.72. The maximum Gasteiger partial charge on any atom is 0.224 e. The molecule has 0 saturated carbocycles. The second kappa shape index (κ2) is 5.66. The Labute approximate surface area is 97.0 Å². The minimum atomic E-state index is 0.0387. The van der Waals surface area contributed by atoms with E-state index in [1.165, 1.54) is 11.1 Å². The molecule has 0 fully saturated rings. The van der Waals surface area contributed by atoms with Gasteiger partial charge in [-0.1, -0.05) is 6.07 Å². The molecular formula is C13H20N2O. The van der Waals surface area contributed by atoms with Crippen molar-refractivity contribution in [2.75, 3.05) is 11.9 Å². The number of aryl methyl sites for hydroxylation is 3. The number of amides is 1. The fraction of sp³-hybridized carbons (Fsp3) is 0.462. The van der Waals surface area contributed by atoms with Crippen LogP contribution in [0.15, 0.2) is 12.1 Å². The molecule has 3 nitrogen and oxygen atoms in total. The van der Waals surface area contributed by atoms with E-state index in [9.17, 15) is 4.79 Å². The Hall–Kier alpha value is -1.35. The van der Waals surface area contributed by atoms with Gasteiger partial charge in [0.25, 0.3) is 0 Å². The molecule has 0 aromatic heterocycles. The number of anilines is 1. The average Bonchev–Trinajstić information content (AvgIpc) is 2.23. The number of benzene rings is 1. The van der Waals surface area contributed by atoms with Crippen molar-refractivity contribution in [1.82, 2.24) is 0 Å². The van der Waals surface area contributed by atoms with Gasteiger partial charge in [-0.15, -0.1) is 0 Å². The summed E-state index contributed by atoms with van der Waals surface area (Å²) in [4.78, 5) is 11.6. The maximum atomic E-state index is 11.6. The van der Waals surface area contributed by atoms with E-state index in [0.29, 0.717) is 13.0 Å². The third kappa shape index (κ3) is 3.35. The fourth-order valence-electron chi connectivity index (χ4n) is 1.57. The minimum Gasteiger partial charge on any atom is -0.330 e. The van der Waals surface area contributed by atoms with Crippen LogP contribution in [-0.2, 0) is 4.79 Å². The number of nitrogens with two attached hydrogens (primary N) is 1. The van der Waals surface area contributed by atoms with Crippen molar-refractivity contribution in [3.05, 3.63) is 28.8 Å². The van der Waals surface area contributed by atoms with Crippen LogP contribution in [0.5, 0.6) is 0 Å². The summed E-state index contributed by atoms with van der Waals surface area (Å²) >= 11 is 0. The van der Waals surface area contributed by atoms with Gasteiger partial charge < -0.3 is 11.1 Å². The first-order valence-electron chi connectivity index (χ1n) is 5.62. The number of nitrogens with one attached hydrogen (secondary N) is 1. The molecule has 0 bridgehead atoms. The monoisotopic (exact) mass is 220 g/mol. The molecule has 0 unspecified atom stereocenters. The predicted octanol–water partition coefficient (Wildman–Crippen LogP) is 2.29. The predicted molar refractivity (Wildman–Crippen MR) is 67.6 cm³/mol. The zero-order valence-electron chi connectivity index (χ0n) is 10.3. The Kier molecular flexibility index (Phi) is 4.50. The number of hydrogen-bond donors (Lipinski definition) is 2. The third-order valence-electron chi connectivity index (χ3n) is 2.72. The molecule has 0 saturated heterocycles. The van der Waals surface area contributed by atoms with E-state index < -0.39 is 0 Å². The fourth-order valence-corrected chi connectivity index (χ4v) is 1.57. The van der Waals surface area contributed by atoms with Crippen molar-refractivity contribution in [2.24, 2.45) is 5.73 Å². The van der Waals surface area contributed by atoms with Crippen molar-refractivity contribution < 1.29 is 4.79 Å². The molecule has 1 rings (SSSR count). The van der Waals surface area contributed by atoms with Gasteiger partial charge in [0.1, 0.15) is 0 Å². The van der Waals surface area contributed by atoms with Crippen LogP contribution in [0.3, 0.4) is 0 Å². The van der Waals surface area contributed by atoms with Gasteiger partial charge in [-0.2, -0.15) is 0 Å². The van der Waals surface area contributed by atoms with E-state index in [1.54, 1.807) is 0 Å². The average molecular weight is 220 g/mol. The first-order valence-corrected chi connectivity index (χ1v) is 5.62. The summed E-state index contributed by atoms with van der Waals surface area (Å²) in [5.74, 6) is 0.0387. The molecule has 0 aliphatic heterocycles. The Balaban J connectivity index is 2.73. The summed E-state index contributed by atoms with van der Waals surface area (Å²) in [6.07, 6.45) is 1.22. The summed E-state index contributed by atoms with van der Waals surface area (Å²) in [5.41, 5.74) is 9.81. The lowest BCUT2D eigenvalue weighted by Crippen LogP contribution is -2.14. The second-order valence-electron chi connectivity index (χ2n) is 4.19. The molecule has 3 heteroatoms. The zero-order chi connectivity index (χ0) is 12.1. The summed E-state index contributed by atoms with van der Waals surface area (Å²) in [5, 5.41) is 2.92. The zero-order valence-corrected chi connectivity index (χ0v) is 10.3. The lowest BCUT2D eigenvalue weighted by molar-refractivity contribution is -0.116. The molecule has 1 aromatic rings. The number of rotatable bonds is 4. The lowest BCUT2D eigenvalue weighted by Gasteiger charge is -2.11. The smallest absolute Gasteiger partial charge is 0.224 e. The van der Waals surface area contributed by atoms with E-state index in [-0.39, 0.29) is 5.91 Å². The molecule has 88 valence electrons. The van der Waals surface area contributed by atoms with Crippen molar-refractivity contribution >= 4 is 11.6 Å². The molecule has 0 heterocycles. The molecule has 0 atom stereocenters. The molecule has 0 radical (unpaired) electrons. The van der Waals surface area contributed by atoms with Crippen LogP contribution in [0.4, 0.5) is 5.69 Å². The van der Waals surface area contributed by atoms with E-state index in [4.69, 9.17) is 5.73 Å². The number of carbonyl (C=O) groups excluding carboxylic acids is 1. The van der Waals surface area contributed by atoms with Gasteiger partial charge in [-0.25, -0.2) is 0 Å². The van der Waals surface area contributed by atoms with Gasteiger partial charge in [0.15, 0.2) is 0 Å². The molecule has 0 aliphatic rings. The molecular weight excluding hydrogens is 200 g/mol. The Morgan fingerprint density at radius 3 is 2.44 bits per heavy atom. The quantitative estimate of drug-likeness (QED) is 0.818.